The summed E-state index contributed by atoms with van der Waals surface area (Å²) in [5.41, 5.74) is 4.69. The molecular weight excluding hydrogens is 476 g/mol. The third kappa shape index (κ3) is 6.53. The van der Waals surface area contributed by atoms with Crippen LogP contribution in [0.5, 0.6) is 0 Å². The summed E-state index contributed by atoms with van der Waals surface area (Å²) in [7, 11) is -3.94. The zero-order valence-electron chi connectivity index (χ0n) is 19.6. The number of aliphatic carboxylic acids is 1. The Balaban J connectivity index is 1.63. The molecule has 1 atom stereocenters. The molecule has 2 heterocycles. The quantitative estimate of drug-likeness (QED) is 0.297. The minimum Gasteiger partial charge on any atom is -0.480 e. The summed E-state index contributed by atoms with van der Waals surface area (Å²) in [6, 6.07) is 25.2. The summed E-state index contributed by atoms with van der Waals surface area (Å²) in [5, 5.41) is 11.6. The lowest BCUT2D eigenvalue weighted by molar-refractivity contribution is -0.134. The first-order valence-corrected chi connectivity index (χ1v) is 12.8. The molecule has 0 aliphatic carbocycles. The highest BCUT2D eigenvalue weighted by Crippen LogP contribution is 2.25. The van der Waals surface area contributed by atoms with Crippen LogP contribution in [0.25, 0.3) is 11.1 Å². The molecular formula is C27H26N4O4S. The number of hydrogen-bond donors (Lipinski definition) is 3. The van der Waals surface area contributed by atoms with Crippen LogP contribution < -0.4 is 10.0 Å². The van der Waals surface area contributed by atoms with Gasteiger partial charge in [0.15, 0.2) is 5.03 Å². The molecule has 36 heavy (non-hydrogen) atoms. The van der Waals surface area contributed by atoms with E-state index in [4.69, 9.17) is 5.11 Å². The topological polar surface area (TPSA) is 121 Å². The molecule has 8 nitrogen and oxygen atoms in total. The second kappa shape index (κ2) is 11.1. The Morgan fingerprint density at radius 2 is 1.72 bits per heavy atom. The lowest BCUT2D eigenvalue weighted by Gasteiger charge is -2.19. The van der Waals surface area contributed by atoms with Crippen LogP contribution in [0, 0.1) is 6.92 Å². The van der Waals surface area contributed by atoms with Gasteiger partial charge in [-0.3, -0.25) is 4.79 Å². The molecule has 4 rings (SSSR count). The molecule has 0 aliphatic heterocycles. The van der Waals surface area contributed by atoms with E-state index >= 15 is 0 Å². The van der Waals surface area contributed by atoms with Crippen LogP contribution in [0.1, 0.15) is 22.9 Å². The van der Waals surface area contributed by atoms with Gasteiger partial charge >= 0.3 is 5.97 Å². The van der Waals surface area contributed by atoms with Crippen LogP contribution in [-0.4, -0.2) is 36.0 Å². The first-order chi connectivity index (χ1) is 17.3. The molecule has 0 fully saturated rings. The first kappa shape index (κ1) is 25.0. The van der Waals surface area contributed by atoms with Crippen LogP contribution in [-0.2, 0) is 21.2 Å². The Labute approximate surface area is 210 Å². The number of aryl methyl sites for hydroxylation is 1. The average Bonchev–Trinajstić information content (AvgIpc) is 2.88. The summed E-state index contributed by atoms with van der Waals surface area (Å²) in [4.78, 5) is 19.4. The number of nitrogens with zero attached hydrogens (tertiary/aromatic N) is 2. The number of pyridine rings is 2. The molecule has 2 aromatic heterocycles. The molecule has 0 aliphatic rings. The van der Waals surface area contributed by atoms with Crippen LogP contribution in [0.3, 0.4) is 0 Å². The van der Waals surface area contributed by atoms with E-state index in [1.807, 2.05) is 49.4 Å². The number of carboxylic acid groups (broad SMARTS) is 1. The number of nitrogens with one attached hydrogen (secondary N) is 2. The summed E-state index contributed by atoms with van der Waals surface area (Å²) in [6.07, 6.45) is 1.75. The minimum absolute atomic E-state index is 0.0926. The normalized spacial score (nSPS) is 12.1. The number of carbonyl (C=O) groups is 1. The minimum atomic E-state index is -3.94. The maximum absolute atomic E-state index is 13.1. The van der Waals surface area contributed by atoms with Crippen molar-refractivity contribution >= 4 is 21.8 Å². The van der Waals surface area contributed by atoms with Crippen LogP contribution in [0.15, 0.2) is 96.2 Å². The van der Waals surface area contributed by atoms with Crippen molar-refractivity contribution in [3.63, 3.8) is 0 Å². The highest BCUT2D eigenvalue weighted by Gasteiger charge is 2.24. The number of anilines is 1. The van der Waals surface area contributed by atoms with Crippen LogP contribution >= 0.6 is 0 Å². The molecule has 1 unspecified atom stereocenters. The SMILES string of the molecule is Cc1cccc(-c2ccc(CC(NS(=O)(=O)c3ccccn3)c3cccc(NCC(=O)O)n3)cc2)c1. The van der Waals surface area contributed by atoms with Gasteiger partial charge in [-0.25, -0.2) is 23.1 Å². The largest absolute Gasteiger partial charge is 0.480 e. The Kier molecular flexibility index (Phi) is 7.72. The van der Waals surface area contributed by atoms with E-state index in [0.29, 0.717) is 17.9 Å². The molecule has 3 N–H and O–H groups in total. The van der Waals surface area contributed by atoms with E-state index in [-0.39, 0.29) is 11.6 Å². The van der Waals surface area contributed by atoms with Crippen molar-refractivity contribution in [1.29, 1.82) is 0 Å². The van der Waals surface area contributed by atoms with Gasteiger partial charge in [0.25, 0.3) is 10.0 Å². The van der Waals surface area contributed by atoms with Crippen LogP contribution in [0.2, 0.25) is 0 Å². The van der Waals surface area contributed by atoms with Gasteiger partial charge in [0.05, 0.1) is 11.7 Å². The van der Waals surface area contributed by atoms with E-state index in [1.165, 1.54) is 17.8 Å². The summed E-state index contributed by atoms with van der Waals surface area (Å²) < 4.78 is 28.9. The van der Waals surface area contributed by atoms with Gasteiger partial charge in [0.2, 0.25) is 0 Å². The predicted molar refractivity (Wildman–Crippen MR) is 138 cm³/mol. The van der Waals surface area contributed by atoms with E-state index in [0.717, 1.165) is 16.7 Å². The molecule has 0 saturated heterocycles. The average molecular weight is 503 g/mol. The van der Waals surface area contributed by atoms with E-state index < -0.39 is 22.0 Å². The van der Waals surface area contributed by atoms with Crippen molar-refractivity contribution < 1.29 is 18.3 Å². The molecule has 2 aromatic carbocycles. The van der Waals surface area contributed by atoms with E-state index in [1.54, 1.807) is 30.3 Å². The fraction of sp³-hybridized carbons (Fsp3) is 0.148. The maximum atomic E-state index is 13.1. The monoisotopic (exact) mass is 502 g/mol. The fourth-order valence-corrected chi connectivity index (χ4v) is 4.92. The summed E-state index contributed by atoms with van der Waals surface area (Å²) >= 11 is 0. The third-order valence-corrected chi connectivity index (χ3v) is 6.89. The smallest absolute Gasteiger partial charge is 0.322 e. The molecule has 184 valence electrons. The van der Waals surface area contributed by atoms with Crippen molar-refractivity contribution in [2.75, 3.05) is 11.9 Å². The van der Waals surface area contributed by atoms with Gasteiger partial charge in [0, 0.05) is 6.20 Å². The van der Waals surface area contributed by atoms with E-state index in [2.05, 4.69) is 26.1 Å². The molecule has 0 amide bonds. The lowest BCUT2D eigenvalue weighted by Crippen LogP contribution is -2.31. The number of aromatic nitrogens is 2. The number of benzene rings is 2. The second-order valence-corrected chi connectivity index (χ2v) is 9.97. The van der Waals surface area contributed by atoms with Gasteiger partial charge in [-0.15, -0.1) is 0 Å². The molecule has 0 saturated carbocycles. The number of hydrogen-bond acceptors (Lipinski definition) is 6. The molecule has 0 spiro atoms. The Morgan fingerprint density at radius 3 is 2.42 bits per heavy atom. The summed E-state index contributed by atoms with van der Waals surface area (Å²) in [5.74, 6) is -0.685. The first-order valence-electron chi connectivity index (χ1n) is 11.3. The molecule has 4 aromatic rings. The number of sulfonamides is 1. The van der Waals surface area contributed by atoms with Crippen molar-refractivity contribution in [1.82, 2.24) is 14.7 Å². The Hall–Kier alpha value is -4.08. The van der Waals surface area contributed by atoms with Gasteiger partial charge in [-0.2, -0.15) is 0 Å². The number of carboxylic acids is 1. The lowest BCUT2D eigenvalue weighted by atomic mass is 9.99. The molecule has 0 radical (unpaired) electrons. The van der Waals surface area contributed by atoms with Gasteiger partial charge in [-0.05, 0) is 54.3 Å². The van der Waals surface area contributed by atoms with Gasteiger partial charge < -0.3 is 10.4 Å². The molecule has 0 bridgehead atoms. The second-order valence-electron chi connectivity index (χ2n) is 8.31. The Bertz CT molecular complexity index is 1440. The van der Waals surface area contributed by atoms with Gasteiger partial charge in [0.1, 0.15) is 12.4 Å². The zero-order valence-corrected chi connectivity index (χ0v) is 20.4. The fourth-order valence-electron chi connectivity index (χ4n) is 3.76. The highest BCUT2D eigenvalue weighted by atomic mass is 32.2. The van der Waals surface area contributed by atoms with Crippen molar-refractivity contribution in [3.05, 3.63) is 108 Å². The van der Waals surface area contributed by atoms with Crippen LogP contribution in [0.4, 0.5) is 5.82 Å². The van der Waals surface area contributed by atoms with Crippen molar-refractivity contribution in [2.45, 2.75) is 24.4 Å². The summed E-state index contributed by atoms with van der Waals surface area (Å²) in [6.45, 7) is 1.74. The third-order valence-electron chi connectivity index (χ3n) is 5.50. The van der Waals surface area contributed by atoms with Gasteiger partial charge in [-0.1, -0.05) is 66.2 Å². The zero-order chi connectivity index (χ0) is 25.5. The van der Waals surface area contributed by atoms with Crippen molar-refractivity contribution in [3.8, 4) is 11.1 Å². The van der Waals surface area contributed by atoms with E-state index in [9.17, 15) is 13.2 Å². The molecule has 9 heteroatoms. The predicted octanol–water partition coefficient (Wildman–Crippen LogP) is 4.21. The maximum Gasteiger partial charge on any atom is 0.322 e. The number of rotatable bonds is 10. The Morgan fingerprint density at radius 1 is 0.944 bits per heavy atom. The standard InChI is InChI=1S/C27H26N4O4S/c1-19-6-4-7-22(16-19)21-13-11-20(12-14-21)17-24(31-36(34,35)26-10-2-3-15-28-26)23-8-5-9-25(30-23)29-18-27(32)33/h2-16,24,31H,17-18H2,1H3,(H,29,30)(H,32,33). The van der Waals surface area contributed by atoms with Crippen molar-refractivity contribution in [2.24, 2.45) is 0 Å². The highest BCUT2D eigenvalue weighted by molar-refractivity contribution is 7.89.